The lowest BCUT2D eigenvalue weighted by Crippen LogP contribution is -1.99. The molecule has 0 aliphatic carbocycles. The molecule has 0 aromatic heterocycles. The van der Waals surface area contributed by atoms with Gasteiger partial charge in [-0.05, 0) is 31.2 Å². The second-order valence-corrected chi connectivity index (χ2v) is 4.32. The zero-order valence-electron chi connectivity index (χ0n) is 11.1. The molecule has 0 radical (unpaired) electrons. The van der Waals surface area contributed by atoms with E-state index in [4.69, 9.17) is 4.74 Å². The van der Waals surface area contributed by atoms with Gasteiger partial charge in [-0.2, -0.15) is 0 Å². The minimum atomic E-state index is -0.832. The van der Waals surface area contributed by atoms with Crippen molar-refractivity contribution in [2.75, 3.05) is 6.61 Å². The van der Waals surface area contributed by atoms with Gasteiger partial charge in [-0.25, -0.2) is 4.39 Å². The van der Waals surface area contributed by atoms with Crippen LogP contribution < -0.4 is 4.74 Å². The van der Waals surface area contributed by atoms with Crippen LogP contribution in [0, 0.1) is 17.7 Å². The van der Waals surface area contributed by atoms with Gasteiger partial charge in [-0.1, -0.05) is 30.0 Å². The Kier molecular flexibility index (Phi) is 4.75. The highest BCUT2D eigenvalue weighted by Gasteiger charge is 2.08. The normalized spacial score (nSPS) is 11.3. The van der Waals surface area contributed by atoms with Crippen molar-refractivity contribution in [3.63, 3.8) is 0 Å². The highest BCUT2D eigenvalue weighted by molar-refractivity contribution is 5.34. The van der Waals surface area contributed by atoms with Crippen LogP contribution in [0.4, 0.5) is 4.39 Å². The Bertz CT molecular complexity index is 624. The molecule has 1 N–H and O–H groups in total. The van der Waals surface area contributed by atoms with Crippen molar-refractivity contribution in [3.05, 3.63) is 65.5 Å². The molecule has 3 heteroatoms. The smallest absolute Gasteiger partial charge is 0.149 e. The summed E-state index contributed by atoms with van der Waals surface area (Å²) in [6, 6.07) is 14.0. The molecule has 0 bridgehead atoms. The van der Waals surface area contributed by atoms with Gasteiger partial charge in [0.25, 0.3) is 0 Å². The molecular weight excluding hydrogens is 255 g/mol. The Morgan fingerprint density at radius 3 is 2.60 bits per heavy atom. The first-order valence-electron chi connectivity index (χ1n) is 6.31. The maximum atomic E-state index is 13.6. The molecule has 2 rings (SSSR count). The fourth-order valence-electron chi connectivity index (χ4n) is 1.72. The number of aliphatic hydroxyl groups excluding tert-OH is 1. The molecule has 2 aromatic carbocycles. The Morgan fingerprint density at radius 1 is 1.20 bits per heavy atom. The van der Waals surface area contributed by atoms with E-state index in [0.717, 1.165) is 5.56 Å². The third-order valence-electron chi connectivity index (χ3n) is 2.74. The predicted octanol–water partition coefficient (Wildman–Crippen LogP) is 3.31. The molecule has 0 fully saturated rings. The minimum absolute atomic E-state index is 0.183. The van der Waals surface area contributed by atoms with Gasteiger partial charge in [-0.3, -0.25) is 0 Å². The van der Waals surface area contributed by atoms with Crippen LogP contribution in [0.1, 0.15) is 24.2 Å². The average molecular weight is 270 g/mol. The quantitative estimate of drug-likeness (QED) is 0.867. The van der Waals surface area contributed by atoms with Crippen molar-refractivity contribution in [3.8, 4) is 17.6 Å². The molecule has 0 amide bonds. The molecule has 0 saturated carbocycles. The van der Waals surface area contributed by atoms with Gasteiger partial charge in [0.05, 0.1) is 6.10 Å². The standard InChI is InChI=1S/C17H15FO2/c1-13(19)16-10-9-15(12-17(16)18)20-11-5-8-14-6-3-2-4-7-14/h2-4,6-7,9-10,12-13,19H,11H2,1H3/t13-/m1/s1. The predicted molar refractivity (Wildman–Crippen MR) is 75.8 cm³/mol. The summed E-state index contributed by atoms with van der Waals surface area (Å²) in [4.78, 5) is 0. The number of hydrogen-bond donors (Lipinski definition) is 1. The zero-order valence-corrected chi connectivity index (χ0v) is 11.1. The number of rotatable bonds is 3. The largest absolute Gasteiger partial charge is 0.481 e. The van der Waals surface area contributed by atoms with Gasteiger partial charge in [-0.15, -0.1) is 0 Å². The molecule has 0 aliphatic rings. The number of benzene rings is 2. The summed E-state index contributed by atoms with van der Waals surface area (Å²) >= 11 is 0. The van der Waals surface area contributed by atoms with E-state index >= 15 is 0 Å². The molecule has 2 aromatic rings. The summed E-state index contributed by atoms with van der Waals surface area (Å²) in [5.74, 6) is 5.73. The molecule has 0 unspecified atom stereocenters. The van der Waals surface area contributed by atoms with Crippen LogP contribution in [0.15, 0.2) is 48.5 Å². The topological polar surface area (TPSA) is 29.5 Å². The lowest BCUT2D eigenvalue weighted by molar-refractivity contribution is 0.194. The van der Waals surface area contributed by atoms with E-state index in [1.54, 1.807) is 6.07 Å². The van der Waals surface area contributed by atoms with Crippen molar-refractivity contribution < 1.29 is 14.2 Å². The fourth-order valence-corrected chi connectivity index (χ4v) is 1.72. The maximum absolute atomic E-state index is 13.6. The summed E-state index contributed by atoms with van der Waals surface area (Å²) < 4.78 is 18.9. The van der Waals surface area contributed by atoms with Gasteiger partial charge in [0, 0.05) is 17.2 Å². The summed E-state index contributed by atoms with van der Waals surface area (Å²) in [6.45, 7) is 1.70. The van der Waals surface area contributed by atoms with Crippen LogP contribution in [0.2, 0.25) is 0 Å². The number of aliphatic hydroxyl groups is 1. The average Bonchev–Trinajstić information content (AvgIpc) is 2.44. The summed E-state index contributed by atoms with van der Waals surface area (Å²) in [5, 5.41) is 9.33. The molecule has 1 atom stereocenters. The second-order valence-electron chi connectivity index (χ2n) is 4.32. The van der Waals surface area contributed by atoms with Crippen molar-refractivity contribution in [2.24, 2.45) is 0 Å². The van der Waals surface area contributed by atoms with E-state index in [0.29, 0.717) is 5.75 Å². The van der Waals surface area contributed by atoms with Gasteiger partial charge in [0.2, 0.25) is 0 Å². The van der Waals surface area contributed by atoms with Crippen molar-refractivity contribution in [1.29, 1.82) is 0 Å². The molecular formula is C17H15FO2. The van der Waals surface area contributed by atoms with Gasteiger partial charge < -0.3 is 9.84 Å². The van der Waals surface area contributed by atoms with Crippen LogP contribution in [-0.4, -0.2) is 11.7 Å². The molecule has 0 heterocycles. The van der Waals surface area contributed by atoms with E-state index < -0.39 is 11.9 Å². The van der Waals surface area contributed by atoms with E-state index in [1.807, 2.05) is 30.3 Å². The van der Waals surface area contributed by atoms with Crippen LogP contribution in [-0.2, 0) is 0 Å². The van der Waals surface area contributed by atoms with Gasteiger partial charge in [0.1, 0.15) is 18.2 Å². The van der Waals surface area contributed by atoms with Gasteiger partial charge >= 0.3 is 0 Å². The third kappa shape index (κ3) is 3.84. The molecule has 102 valence electrons. The molecule has 0 saturated heterocycles. The molecule has 0 spiro atoms. The number of halogens is 1. The number of hydrogen-bond acceptors (Lipinski definition) is 2. The SMILES string of the molecule is C[C@@H](O)c1ccc(OCC#Cc2ccccc2)cc1F. The second kappa shape index (κ2) is 6.74. The zero-order chi connectivity index (χ0) is 14.4. The lowest BCUT2D eigenvalue weighted by Gasteiger charge is -2.08. The Labute approximate surface area is 117 Å². The first-order chi connectivity index (χ1) is 9.66. The van der Waals surface area contributed by atoms with Crippen LogP contribution in [0.5, 0.6) is 5.75 Å². The lowest BCUT2D eigenvalue weighted by atomic mass is 10.1. The Balaban J connectivity index is 1.95. The van der Waals surface area contributed by atoms with E-state index in [2.05, 4.69) is 11.8 Å². The van der Waals surface area contributed by atoms with Crippen LogP contribution >= 0.6 is 0 Å². The third-order valence-corrected chi connectivity index (χ3v) is 2.74. The highest BCUT2D eigenvalue weighted by Crippen LogP contribution is 2.21. The van der Waals surface area contributed by atoms with Crippen LogP contribution in [0.25, 0.3) is 0 Å². The maximum Gasteiger partial charge on any atom is 0.149 e. The molecule has 2 nitrogen and oxygen atoms in total. The summed E-state index contributed by atoms with van der Waals surface area (Å²) in [6.07, 6.45) is -0.832. The minimum Gasteiger partial charge on any atom is -0.481 e. The van der Waals surface area contributed by atoms with Crippen molar-refractivity contribution in [1.82, 2.24) is 0 Å². The summed E-state index contributed by atoms with van der Waals surface area (Å²) in [7, 11) is 0. The van der Waals surface area contributed by atoms with Gasteiger partial charge in [0.15, 0.2) is 0 Å². The monoisotopic (exact) mass is 270 g/mol. The van der Waals surface area contributed by atoms with E-state index in [1.165, 1.54) is 19.1 Å². The molecule has 20 heavy (non-hydrogen) atoms. The van der Waals surface area contributed by atoms with E-state index in [9.17, 15) is 9.50 Å². The Morgan fingerprint density at radius 2 is 1.95 bits per heavy atom. The van der Waals surface area contributed by atoms with Crippen molar-refractivity contribution >= 4 is 0 Å². The fraction of sp³-hybridized carbons (Fsp3) is 0.176. The van der Waals surface area contributed by atoms with Crippen molar-refractivity contribution in [2.45, 2.75) is 13.0 Å². The molecule has 0 aliphatic heterocycles. The summed E-state index contributed by atoms with van der Waals surface area (Å²) in [5.41, 5.74) is 1.17. The Hall–Kier alpha value is -2.31. The number of ether oxygens (including phenoxy) is 1. The highest BCUT2D eigenvalue weighted by atomic mass is 19.1. The van der Waals surface area contributed by atoms with E-state index in [-0.39, 0.29) is 12.2 Å². The first kappa shape index (κ1) is 14.1. The van der Waals surface area contributed by atoms with Crippen LogP contribution in [0.3, 0.4) is 0 Å². The first-order valence-corrected chi connectivity index (χ1v) is 6.31.